The molecule has 0 unspecified atom stereocenters. The van der Waals surface area contributed by atoms with Crippen LogP contribution in [-0.4, -0.2) is 62.3 Å². The molecule has 1 amide bonds. The minimum absolute atomic E-state index is 0.0438. The number of hydrogen-bond donors (Lipinski definition) is 0. The Morgan fingerprint density at radius 2 is 1.57 bits per heavy atom. The first kappa shape index (κ1) is 22.4. The van der Waals surface area contributed by atoms with Crippen molar-refractivity contribution in [3.63, 3.8) is 0 Å². The average molecular weight is 411 g/mol. The van der Waals surface area contributed by atoms with Gasteiger partial charge in [-0.3, -0.25) is 9.59 Å². The largest absolute Gasteiger partial charge is 0.466 e. The number of sulfonamides is 1. The summed E-state index contributed by atoms with van der Waals surface area (Å²) in [6, 6.07) is 6.99. The third-order valence-electron chi connectivity index (χ3n) is 4.80. The van der Waals surface area contributed by atoms with Gasteiger partial charge in [-0.15, -0.1) is 0 Å². The minimum Gasteiger partial charge on any atom is -0.466 e. The lowest BCUT2D eigenvalue weighted by Gasteiger charge is -2.34. The molecule has 156 valence electrons. The van der Waals surface area contributed by atoms with Gasteiger partial charge in [0.1, 0.15) is 0 Å². The highest BCUT2D eigenvalue weighted by molar-refractivity contribution is 7.89. The molecule has 0 aromatic heterocycles. The lowest BCUT2D eigenvalue weighted by atomic mass is 9.87. The van der Waals surface area contributed by atoms with Crippen LogP contribution >= 0.6 is 0 Å². The topological polar surface area (TPSA) is 84.0 Å². The Bertz CT molecular complexity index is 789. The molecule has 0 saturated carbocycles. The molecule has 1 aliphatic heterocycles. The normalized spacial score (nSPS) is 16.1. The van der Waals surface area contributed by atoms with E-state index in [4.69, 9.17) is 4.74 Å². The summed E-state index contributed by atoms with van der Waals surface area (Å²) in [5.74, 6) is -0.546. The van der Waals surface area contributed by atoms with Gasteiger partial charge in [0.25, 0.3) is 0 Å². The molecule has 0 atom stereocenters. The lowest BCUT2D eigenvalue weighted by molar-refractivity contribution is -0.145. The molecule has 7 nitrogen and oxygen atoms in total. The summed E-state index contributed by atoms with van der Waals surface area (Å²) in [5.41, 5.74) is 1.03. The van der Waals surface area contributed by atoms with E-state index in [1.165, 1.54) is 4.31 Å². The molecule has 1 fully saturated rings. The number of carbonyl (C=O) groups excluding carboxylic acids is 2. The maximum atomic E-state index is 12.9. The Balaban J connectivity index is 1.94. The van der Waals surface area contributed by atoms with Gasteiger partial charge >= 0.3 is 5.97 Å². The monoisotopic (exact) mass is 410 g/mol. The second-order valence-corrected chi connectivity index (χ2v) is 9.80. The first-order valence-corrected chi connectivity index (χ1v) is 11.0. The molecule has 0 aliphatic carbocycles. The summed E-state index contributed by atoms with van der Waals surface area (Å²) in [6.07, 6.45) is 0.130. The molecule has 1 aliphatic rings. The van der Waals surface area contributed by atoms with Crippen LogP contribution in [-0.2, 0) is 29.8 Å². The van der Waals surface area contributed by atoms with E-state index < -0.39 is 16.0 Å². The molecule has 2 rings (SSSR count). The lowest BCUT2D eigenvalue weighted by Crippen LogP contribution is -2.50. The van der Waals surface area contributed by atoms with Crippen molar-refractivity contribution in [3.8, 4) is 0 Å². The zero-order valence-corrected chi connectivity index (χ0v) is 17.9. The molecule has 1 aromatic carbocycles. The predicted molar refractivity (Wildman–Crippen MR) is 106 cm³/mol. The van der Waals surface area contributed by atoms with E-state index in [2.05, 4.69) is 20.8 Å². The van der Waals surface area contributed by atoms with Crippen molar-refractivity contribution in [2.24, 2.45) is 0 Å². The molecule has 1 saturated heterocycles. The van der Waals surface area contributed by atoms with Gasteiger partial charge in [0, 0.05) is 32.6 Å². The van der Waals surface area contributed by atoms with Crippen molar-refractivity contribution in [1.29, 1.82) is 0 Å². The average Bonchev–Trinajstić information content (AvgIpc) is 2.66. The molecule has 1 aromatic rings. The van der Waals surface area contributed by atoms with Crippen LogP contribution in [0.3, 0.4) is 0 Å². The first-order chi connectivity index (χ1) is 13.1. The van der Waals surface area contributed by atoms with E-state index in [-0.39, 0.29) is 42.1 Å². The number of piperazine rings is 1. The molecule has 0 radical (unpaired) electrons. The van der Waals surface area contributed by atoms with E-state index >= 15 is 0 Å². The van der Waals surface area contributed by atoms with Crippen LogP contribution in [0.25, 0.3) is 0 Å². The fraction of sp³-hybridized carbons (Fsp3) is 0.600. The molecule has 0 N–H and O–H groups in total. The molecule has 28 heavy (non-hydrogen) atoms. The third kappa shape index (κ3) is 5.54. The van der Waals surface area contributed by atoms with Gasteiger partial charge < -0.3 is 9.64 Å². The van der Waals surface area contributed by atoms with Crippen LogP contribution in [0.2, 0.25) is 0 Å². The Kier molecular flexibility index (Phi) is 7.22. The number of ether oxygens (including phenoxy) is 1. The Morgan fingerprint density at radius 3 is 2.07 bits per heavy atom. The summed E-state index contributed by atoms with van der Waals surface area (Å²) < 4.78 is 32.0. The molecule has 1 heterocycles. The van der Waals surface area contributed by atoms with E-state index in [9.17, 15) is 18.0 Å². The Morgan fingerprint density at radius 1 is 1.00 bits per heavy atom. The SMILES string of the molecule is CCOC(=O)CCC(=O)N1CCN(S(=O)(=O)c2ccc(C(C)(C)C)cc2)CC1. The van der Waals surface area contributed by atoms with Crippen molar-refractivity contribution in [3.05, 3.63) is 29.8 Å². The van der Waals surface area contributed by atoms with Gasteiger partial charge in [0.2, 0.25) is 15.9 Å². The fourth-order valence-corrected chi connectivity index (χ4v) is 4.48. The standard InChI is InChI=1S/C20H30N2O5S/c1-5-27-19(24)11-10-18(23)21-12-14-22(15-13-21)28(25,26)17-8-6-16(7-9-17)20(2,3)4/h6-9H,5,10-15H2,1-4H3. The van der Waals surface area contributed by atoms with Crippen molar-refractivity contribution in [1.82, 2.24) is 9.21 Å². The van der Waals surface area contributed by atoms with Crippen LogP contribution in [0.4, 0.5) is 0 Å². The van der Waals surface area contributed by atoms with Gasteiger partial charge in [-0.2, -0.15) is 4.31 Å². The van der Waals surface area contributed by atoms with Crippen molar-refractivity contribution in [2.75, 3.05) is 32.8 Å². The zero-order valence-electron chi connectivity index (χ0n) is 17.1. The number of benzene rings is 1. The van der Waals surface area contributed by atoms with Gasteiger partial charge in [-0.25, -0.2) is 8.42 Å². The van der Waals surface area contributed by atoms with Crippen molar-refractivity contribution in [2.45, 2.75) is 50.8 Å². The number of hydrogen-bond acceptors (Lipinski definition) is 5. The molecule has 0 spiro atoms. The second kappa shape index (κ2) is 9.05. The predicted octanol–water partition coefficient (Wildman–Crippen LogP) is 2.16. The van der Waals surface area contributed by atoms with Crippen molar-refractivity contribution < 1.29 is 22.7 Å². The van der Waals surface area contributed by atoms with E-state index in [0.29, 0.717) is 19.7 Å². The van der Waals surface area contributed by atoms with Crippen molar-refractivity contribution >= 4 is 21.9 Å². The second-order valence-electron chi connectivity index (χ2n) is 7.86. The maximum Gasteiger partial charge on any atom is 0.306 e. The fourth-order valence-electron chi connectivity index (χ4n) is 3.05. The summed E-state index contributed by atoms with van der Waals surface area (Å²) >= 11 is 0. The minimum atomic E-state index is -3.59. The quantitative estimate of drug-likeness (QED) is 0.671. The number of esters is 1. The highest BCUT2D eigenvalue weighted by atomic mass is 32.2. The zero-order chi connectivity index (χ0) is 20.9. The molecular weight excluding hydrogens is 380 g/mol. The molecule has 0 bridgehead atoms. The summed E-state index contributed by atoms with van der Waals surface area (Å²) in [4.78, 5) is 25.5. The van der Waals surface area contributed by atoms with E-state index in [1.54, 1.807) is 24.0 Å². The Labute approximate surface area is 167 Å². The molecule has 8 heteroatoms. The van der Waals surface area contributed by atoms with Gasteiger partial charge in [-0.05, 0) is 30.0 Å². The van der Waals surface area contributed by atoms with Crippen LogP contribution in [0, 0.1) is 0 Å². The number of rotatable bonds is 6. The summed E-state index contributed by atoms with van der Waals surface area (Å²) in [5, 5.41) is 0. The summed E-state index contributed by atoms with van der Waals surface area (Å²) in [7, 11) is -3.59. The van der Waals surface area contributed by atoms with Gasteiger partial charge in [0.05, 0.1) is 17.9 Å². The number of amides is 1. The van der Waals surface area contributed by atoms with Gasteiger partial charge in [-0.1, -0.05) is 32.9 Å². The highest BCUT2D eigenvalue weighted by Gasteiger charge is 2.30. The Hall–Kier alpha value is -1.93. The van der Waals surface area contributed by atoms with Crippen LogP contribution < -0.4 is 0 Å². The number of nitrogens with zero attached hydrogens (tertiary/aromatic N) is 2. The third-order valence-corrected chi connectivity index (χ3v) is 6.71. The maximum absolute atomic E-state index is 12.9. The van der Waals surface area contributed by atoms with Crippen LogP contribution in [0.5, 0.6) is 0 Å². The highest BCUT2D eigenvalue weighted by Crippen LogP contribution is 2.25. The first-order valence-electron chi connectivity index (χ1n) is 9.60. The van der Waals surface area contributed by atoms with Crippen LogP contribution in [0.15, 0.2) is 29.2 Å². The molecular formula is C20H30N2O5S. The van der Waals surface area contributed by atoms with E-state index in [1.807, 2.05) is 12.1 Å². The summed E-state index contributed by atoms with van der Waals surface area (Å²) in [6.45, 7) is 9.37. The number of carbonyl (C=O) groups is 2. The van der Waals surface area contributed by atoms with Crippen LogP contribution in [0.1, 0.15) is 46.1 Å². The smallest absolute Gasteiger partial charge is 0.306 e. The van der Waals surface area contributed by atoms with Gasteiger partial charge in [0.15, 0.2) is 0 Å². The van der Waals surface area contributed by atoms with E-state index in [0.717, 1.165) is 5.56 Å².